The molecule has 5 heteroatoms. The van der Waals surface area contributed by atoms with Crippen LogP contribution in [0.2, 0.25) is 0 Å². The van der Waals surface area contributed by atoms with E-state index >= 15 is 0 Å². The molecule has 366 valence electrons. The summed E-state index contributed by atoms with van der Waals surface area (Å²) in [5.41, 5.74) is 24.5. The molecule has 0 saturated carbocycles. The lowest BCUT2D eigenvalue weighted by Gasteiger charge is -2.49. The maximum Gasteiger partial charge on any atom is 0.252 e. The summed E-state index contributed by atoms with van der Waals surface area (Å²) < 4.78 is 5.50. The molecule has 3 nitrogen and oxygen atoms in total. The van der Waals surface area contributed by atoms with Crippen molar-refractivity contribution in [3.63, 3.8) is 0 Å². The van der Waals surface area contributed by atoms with Gasteiger partial charge in [-0.1, -0.05) is 157 Å². The molecule has 5 heterocycles. The van der Waals surface area contributed by atoms with Crippen molar-refractivity contribution in [1.29, 1.82) is 0 Å². The summed E-state index contributed by atoms with van der Waals surface area (Å²) in [6.45, 7) is 38.9. The molecule has 2 aromatic heterocycles. The smallest absolute Gasteiger partial charge is 0.252 e. The highest BCUT2D eigenvalue weighted by atomic mass is 32.1. The maximum atomic E-state index is 2.82. The van der Waals surface area contributed by atoms with E-state index in [-0.39, 0.29) is 44.7 Å². The van der Waals surface area contributed by atoms with Crippen molar-refractivity contribution in [2.45, 2.75) is 174 Å². The average molecular weight is 964 g/mol. The summed E-state index contributed by atoms with van der Waals surface area (Å²) in [4.78, 5) is 5.58. The van der Waals surface area contributed by atoms with Gasteiger partial charge in [-0.05, 0) is 171 Å². The van der Waals surface area contributed by atoms with Gasteiger partial charge < -0.3 is 14.4 Å². The third kappa shape index (κ3) is 6.10. The minimum atomic E-state index is -0.209. The largest absolute Gasteiger partial charge is 0.334 e. The third-order valence-corrected chi connectivity index (χ3v) is 20.3. The first-order valence-electron chi connectivity index (χ1n) is 27.1. The fourth-order valence-corrected chi connectivity index (χ4v) is 15.5. The van der Waals surface area contributed by atoms with Crippen molar-refractivity contribution in [3.8, 4) is 5.69 Å². The molecular weight excluding hydrogens is 890 g/mol. The molecule has 2 aliphatic carbocycles. The number of rotatable bonds is 2. The van der Waals surface area contributed by atoms with E-state index in [1.165, 1.54) is 134 Å². The molecular formula is C67H74BN3S. The van der Waals surface area contributed by atoms with Crippen molar-refractivity contribution in [1.82, 2.24) is 4.57 Å². The molecule has 5 aliphatic rings. The second-order valence-electron chi connectivity index (χ2n) is 27.7. The first-order valence-corrected chi connectivity index (χ1v) is 28.0. The second kappa shape index (κ2) is 14.4. The van der Waals surface area contributed by atoms with Gasteiger partial charge in [-0.25, -0.2) is 0 Å². The number of aryl methyl sites for hydroxylation is 1. The normalized spacial score (nSPS) is 21.6. The molecule has 13 rings (SSSR count). The fourth-order valence-electron chi connectivity index (χ4n) is 14.3. The van der Waals surface area contributed by atoms with Crippen LogP contribution < -0.4 is 26.2 Å². The number of hydrogen-bond acceptors (Lipinski definition) is 3. The molecule has 3 aliphatic heterocycles. The molecule has 8 aromatic rings. The summed E-state index contributed by atoms with van der Waals surface area (Å²) in [6.07, 6.45) is 9.52. The van der Waals surface area contributed by atoms with Gasteiger partial charge >= 0.3 is 0 Å². The number of hydrogen-bond donors (Lipinski definition) is 0. The Balaban J connectivity index is 1.22. The quantitative estimate of drug-likeness (QED) is 0.126. The summed E-state index contributed by atoms with van der Waals surface area (Å²) >= 11 is 1.98. The van der Waals surface area contributed by atoms with Crippen LogP contribution in [0.5, 0.6) is 0 Å². The van der Waals surface area contributed by atoms with Gasteiger partial charge in [-0.15, -0.1) is 11.3 Å². The Morgan fingerprint density at radius 1 is 0.542 bits per heavy atom. The van der Waals surface area contributed by atoms with Gasteiger partial charge in [0.05, 0.1) is 21.3 Å². The SMILES string of the molecule is Cc1cc2c(cc1N1c3cc(C(C)(C)C)ccc3B3c4c1cc(N1c5ccc(C(C)(C)C)cc5C5(C)C=CCCC15C)cc4-n1c4c3cc(C(C)(C)C)cc4c3sc4ccccc4c31)C(C)(C)CCC2(C)C. The van der Waals surface area contributed by atoms with Crippen molar-refractivity contribution < 1.29 is 0 Å². The standard InChI is InChI=1S/C67H74BN3S/c1-39-31-46-47(65(13,14)30-29-64(46,11)12)38-52(39)69-53-35-41(62(5,6)7)23-25-49(53)68-50-34-42(63(8,9)10)32-45-58(50)70(59-44-21-17-18-22-56(44)72-60(45)59)55-37-43(36-54(69)57(55)68)71-51-26-24-40(61(2,3)4)33-48(51)66(15)27-19-20-28-67(66,71)16/h17-19,21-27,31-38H,20,28-30H2,1-16H3. The van der Waals surface area contributed by atoms with Crippen LogP contribution in [0.25, 0.3) is 36.9 Å². The van der Waals surface area contributed by atoms with Crippen molar-refractivity contribution in [2.24, 2.45) is 0 Å². The third-order valence-electron chi connectivity index (χ3n) is 19.1. The van der Waals surface area contributed by atoms with Crippen LogP contribution in [0.1, 0.15) is 168 Å². The molecule has 2 atom stereocenters. The number of benzene rings is 6. The molecule has 6 aromatic carbocycles. The Labute approximate surface area is 434 Å². The van der Waals surface area contributed by atoms with Gasteiger partial charge in [-0.3, -0.25) is 0 Å². The summed E-state index contributed by atoms with van der Waals surface area (Å²) in [5, 5.41) is 2.72. The lowest BCUT2D eigenvalue weighted by Crippen LogP contribution is -2.61. The van der Waals surface area contributed by atoms with Gasteiger partial charge in [-0.2, -0.15) is 0 Å². The average Bonchev–Trinajstić information content (AvgIpc) is 3.91. The van der Waals surface area contributed by atoms with E-state index < -0.39 is 0 Å². The zero-order chi connectivity index (χ0) is 50.8. The highest BCUT2D eigenvalue weighted by Gasteiger charge is 2.57. The molecule has 0 bridgehead atoms. The van der Waals surface area contributed by atoms with E-state index in [2.05, 4.69) is 234 Å². The number of aromatic nitrogens is 1. The highest BCUT2D eigenvalue weighted by Crippen LogP contribution is 2.61. The minimum Gasteiger partial charge on any atom is -0.334 e. The second-order valence-corrected chi connectivity index (χ2v) is 28.8. The summed E-state index contributed by atoms with van der Waals surface area (Å²) in [7, 11) is 0. The summed E-state index contributed by atoms with van der Waals surface area (Å²) in [5.74, 6) is 0. The molecule has 0 fully saturated rings. The van der Waals surface area contributed by atoms with Crippen molar-refractivity contribution >= 4 is 94.1 Å². The fraction of sp³-hybridized carbons (Fsp3) is 0.403. The van der Waals surface area contributed by atoms with Gasteiger partial charge in [0, 0.05) is 55.0 Å². The lowest BCUT2D eigenvalue weighted by molar-refractivity contribution is 0.303. The Morgan fingerprint density at radius 3 is 1.90 bits per heavy atom. The minimum absolute atomic E-state index is 0.0314. The highest BCUT2D eigenvalue weighted by molar-refractivity contribution is 7.26. The van der Waals surface area contributed by atoms with Crippen LogP contribution in [0.3, 0.4) is 0 Å². The van der Waals surface area contributed by atoms with Crippen LogP contribution >= 0.6 is 11.3 Å². The number of nitrogens with zero attached hydrogens (tertiary/aromatic N) is 3. The molecule has 72 heavy (non-hydrogen) atoms. The van der Waals surface area contributed by atoms with Crippen LogP contribution in [0.4, 0.5) is 28.4 Å². The first-order chi connectivity index (χ1) is 33.7. The van der Waals surface area contributed by atoms with E-state index in [4.69, 9.17) is 0 Å². The number of fused-ring (bicyclic) bond motifs is 13. The van der Waals surface area contributed by atoms with Crippen LogP contribution in [0, 0.1) is 6.92 Å². The van der Waals surface area contributed by atoms with Gasteiger partial charge in [0.2, 0.25) is 0 Å². The summed E-state index contributed by atoms with van der Waals surface area (Å²) in [6, 6.07) is 39.9. The van der Waals surface area contributed by atoms with E-state index in [0.29, 0.717) is 0 Å². The van der Waals surface area contributed by atoms with E-state index in [1.807, 2.05) is 11.3 Å². The van der Waals surface area contributed by atoms with Crippen LogP contribution in [0.15, 0.2) is 109 Å². The molecule has 2 unspecified atom stereocenters. The van der Waals surface area contributed by atoms with Crippen LogP contribution in [-0.4, -0.2) is 16.8 Å². The topological polar surface area (TPSA) is 11.4 Å². The zero-order valence-corrected chi connectivity index (χ0v) is 46.9. The van der Waals surface area contributed by atoms with Gasteiger partial charge in [0.25, 0.3) is 6.71 Å². The van der Waals surface area contributed by atoms with Crippen molar-refractivity contribution in [2.75, 3.05) is 9.80 Å². The molecule has 0 N–H and O–H groups in total. The zero-order valence-electron chi connectivity index (χ0n) is 46.0. The number of anilines is 5. The van der Waals surface area contributed by atoms with Gasteiger partial charge in [0.15, 0.2) is 0 Å². The van der Waals surface area contributed by atoms with E-state index in [1.54, 1.807) is 0 Å². The Morgan fingerprint density at radius 2 is 1.19 bits per heavy atom. The predicted octanol–water partition coefficient (Wildman–Crippen LogP) is 16.7. The van der Waals surface area contributed by atoms with Gasteiger partial charge in [0.1, 0.15) is 0 Å². The number of thiophene rings is 1. The van der Waals surface area contributed by atoms with E-state index in [9.17, 15) is 0 Å². The predicted molar refractivity (Wildman–Crippen MR) is 314 cm³/mol. The Kier molecular flexibility index (Phi) is 9.26. The van der Waals surface area contributed by atoms with Crippen LogP contribution in [-0.2, 0) is 32.5 Å². The Hall–Kier alpha value is -5.52. The molecule has 0 spiro atoms. The molecule has 0 amide bonds. The molecule has 0 radical (unpaired) electrons. The van der Waals surface area contributed by atoms with Crippen molar-refractivity contribution in [3.05, 3.63) is 148 Å². The Bertz CT molecular complexity index is 3720. The lowest BCUT2D eigenvalue weighted by atomic mass is 9.33. The van der Waals surface area contributed by atoms with E-state index in [0.717, 1.165) is 12.8 Å². The first kappa shape index (κ1) is 46.3. The molecule has 0 saturated heterocycles. The number of allylic oxidation sites excluding steroid dienone is 1. The maximum absolute atomic E-state index is 2.82. The monoisotopic (exact) mass is 964 g/mol.